The molecule has 1 fully saturated rings. The molecule has 4 heteroatoms. The van der Waals surface area contributed by atoms with Gasteiger partial charge in [-0.25, -0.2) is 9.80 Å². The smallest absolute Gasteiger partial charge is 0.202 e. The summed E-state index contributed by atoms with van der Waals surface area (Å²) >= 11 is 0. The van der Waals surface area contributed by atoms with Crippen molar-refractivity contribution in [3.05, 3.63) is 0 Å². The molecule has 2 N–H and O–H groups in total. The first-order chi connectivity index (χ1) is 4.25. The van der Waals surface area contributed by atoms with Gasteiger partial charge >= 0.3 is 0 Å². The predicted octanol–water partition coefficient (Wildman–Crippen LogP) is -1.50. The van der Waals surface area contributed by atoms with Crippen LogP contribution in [0.15, 0.2) is 0 Å². The third kappa shape index (κ3) is 1.41. The van der Waals surface area contributed by atoms with Gasteiger partial charge in [0.25, 0.3) is 0 Å². The van der Waals surface area contributed by atoms with Gasteiger partial charge in [0.2, 0.25) is 6.29 Å². The van der Waals surface area contributed by atoms with E-state index in [4.69, 9.17) is 0 Å². The zero-order valence-corrected chi connectivity index (χ0v) is 7.20. The monoisotopic (exact) mass is 148 g/mol. The molecule has 0 aromatic carbocycles. The molecule has 1 saturated heterocycles. The molecule has 0 radical (unpaired) electrons. The number of hydrogen-bond donors (Lipinski definition) is 1. The number of nitrogens with two attached hydrogens (primary N) is 1. The maximum Gasteiger partial charge on any atom is 0.202 e. The lowest BCUT2D eigenvalue weighted by molar-refractivity contribution is -0.578. The maximum atomic E-state index is 2.66. The summed E-state index contributed by atoms with van der Waals surface area (Å²) < 4.78 is 0. The molecule has 54 valence electrons. The van der Waals surface area contributed by atoms with E-state index in [2.05, 4.69) is 38.4 Å². The van der Waals surface area contributed by atoms with Gasteiger partial charge < -0.3 is 5.09 Å². The normalized spacial score (nSPS) is 25.7. The quantitative estimate of drug-likeness (QED) is 0.457. The summed E-state index contributed by atoms with van der Waals surface area (Å²) in [7, 11) is 6.96. The Kier molecular flexibility index (Phi) is 2.42. The summed E-state index contributed by atoms with van der Waals surface area (Å²) in [6.07, 6.45) is 0.537. The van der Waals surface area contributed by atoms with Crippen molar-refractivity contribution in [2.45, 2.75) is 6.29 Å². The van der Waals surface area contributed by atoms with Crippen molar-refractivity contribution >= 4 is 9.39 Å². The van der Waals surface area contributed by atoms with Crippen LogP contribution in [0.3, 0.4) is 0 Å². The van der Waals surface area contributed by atoms with Gasteiger partial charge in [0.1, 0.15) is 0 Å². The van der Waals surface area contributed by atoms with Gasteiger partial charge in [-0.3, -0.25) is 0 Å². The molecule has 1 rings (SSSR count). The Morgan fingerprint density at radius 2 is 1.78 bits per heavy atom. The average Bonchev–Trinajstić information content (AvgIpc) is 2.12. The lowest BCUT2D eigenvalue weighted by atomic mass is 10.6. The van der Waals surface area contributed by atoms with Crippen LogP contribution in [0.25, 0.3) is 0 Å². The minimum Gasteiger partial charge on any atom is -0.309 e. The standard InChI is InChI=1S/C5H14N3P/c1-7-3-4-8(2)5(7)6-9/h5-6H,3-4,9H2,1-2H3/p+1. The number of nitrogens with zero attached hydrogens (tertiary/aromatic N) is 2. The topological polar surface area (TPSA) is 23.1 Å². The van der Waals surface area contributed by atoms with E-state index in [-0.39, 0.29) is 0 Å². The fourth-order valence-electron chi connectivity index (χ4n) is 1.21. The van der Waals surface area contributed by atoms with Crippen LogP contribution in [0.2, 0.25) is 0 Å². The second-order valence-electron chi connectivity index (χ2n) is 2.57. The molecule has 9 heavy (non-hydrogen) atoms. The maximum absolute atomic E-state index is 2.66. The molecular formula is C5H15N3P+. The largest absolute Gasteiger partial charge is 0.309 e. The summed E-state index contributed by atoms with van der Waals surface area (Å²) in [6, 6.07) is 0. The number of likely N-dealkylation sites (N-methyl/N-ethyl adjacent to an activating group) is 2. The Balaban J connectivity index is 2.44. The molecule has 0 bridgehead atoms. The molecule has 1 atom stereocenters. The molecule has 0 aromatic heterocycles. The summed E-state index contributed by atoms with van der Waals surface area (Å²) in [5.41, 5.74) is 0. The van der Waals surface area contributed by atoms with E-state index in [0.717, 1.165) is 0 Å². The molecular weight excluding hydrogens is 133 g/mol. The number of hydrogen-bond acceptors (Lipinski definition) is 2. The molecule has 1 aliphatic heterocycles. The third-order valence-electron chi connectivity index (χ3n) is 1.88. The summed E-state index contributed by atoms with van der Waals surface area (Å²) in [4.78, 5) is 4.65. The Morgan fingerprint density at radius 3 is 2.00 bits per heavy atom. The first-order valence-corrected chi connectivity index (χ1v) is 3.88. The lowest BCUT2D eigenvalue weighted by Gasteiger charge is -2.19. The minimum atomic E-state index is 0.537. The first kappa shape index (κ1) is 7.42. The van der Waals surface area contributed by atoms with Gasteiger partial charge in [-0.15, -0.1) is 0 Å². The Hall–Kier alpha value is 0.310. The highest BCUT2D eigenvalue weighted by atomic mass is 31.0. The lowest BCUT2D eigenvalue weighted by Crippen LogP contribution is -2.85. The molecule has 0 amide bonds. The molecule has 1 aliphatic rings. The van der Waals surface area contributed by atoms with Crippen LogP contribution in [0.5, 0.6) is 0 Å². The van der Waals surface area contributed by atoms with E-state index in [0.29, 0.717) is 6.29 Å². The van der Waals surface area contributed by atoms with Gasteiger partial charge in [0.15, 0.2) is 0 Å². The minimum absolute atomic E-state index is 0.537. The van der Waals surface area contributed by atoms with Crippen molar-refractivity contribution in [1.82, 2.24) is 9.80 Å². The zero-order chi connectivity index (χ0) is 6.85. The predicted molar refractivity (Wildman–Crippen MR) is 40.7 cm³/mol. The van der Waals surface area contributed by atoms with Crippen molar-refractivity contribution in [3.63, 3.8) is 0 Å². The summed E-state index contributed by atoms with van der Waals surface area (Å²) in [5, 5.41) is 2.15. The molecule has 1 unspecified atom stereocenters. The average molecular weight is 148 g/mol. The van der Waals surface area contributed by atoms with Crippen LogP contribution >= 0.6 is 9.39 Å². The Labute approximate surface area is 58.6 Å². The van der Waals surface area contributed by atoms with Crippen LogP contribution < -0.4 is 5.09 Å². The summed E-state index contributed by atoms with van der Waals surface area (Å²) in [5.74, 6) is 0. The van der Waals surface area contributed by atoms with Crippen LogP contribution in [-0.2, 0) is 0 Å². The SMILES string of the molecule is CN1CCN(C)C1[NH2+]P. The third-order valence-corrected chi connectivity index (χ3v) is 2.23. The Morgan fingerprint density at radius 1 is 1.33 bits per heavy atom. The van der Waals surface area contributed by atoms with Gasteiger partial charge in [-0.1, -0.05) is 0 Å². The second-order valence-corrected chi connectivity index (χ2v) is 2.95. The molecule has 1 heterocycles. The van der Waals surface area contributed by atoms with Crippen molar-refractivity contribution in [3.8, 4) is 0 Å². The van der Waals surface area contributed by atoms with E-state index in [9.17, 15) is 0 Å². The van der Waals surface area contributed by atoms with Crippen molar-refractivity contribution in [2.24, 2.45) is 0 Å². The van der Waals surface area contributed by atoms with Crippen LogP contribution in [0.4, 0.5) is 0 Å². The van der Waals surface area contributed by atoms with E-state index in [1.165, 1.54) is 13.1 Å². The molecule has 3 nitrogen and oxygen atoms in total. The Bertz CT molecular complexity index is 88.2. The highest BCUT2D eigenvalue weighted by Crippen LogP contribution is 2.02. The van der Waals surface area contributed by atoms with Crippen molar-refractivity contribution < 1.29 is 5.09 Å². The van der Waals surface area contributed by atoms with Crippen LogP contribution in [-0.4, -0.2) is 43.3 Å². The van der Waals surface area contributed by atoms with Gasteiger partial charge in [0.05, 0.1) is 9.39 Å². The first-order valence-electron chi connectivity index (χ1n) is 3.21. The fraction of sp³-hybridized carbons (Fsp3) is 1.00. The van der Waals surface area contributed by atoms with Gasteiger partial charge in [-0.2, -0.15) is 0 Å². The van der Waals surface area contributed by atoms with E-state index >= 15 is 0 Å². The highest BCUT2D eigenvalue weighted by Gasteiger charge is 2.27. The van der Waals surface area contributed by atoms with Gasteiger partial charge in [0, 0.05) is 13.1 Å². The second kappa shape index (κ2) is 2.93. The van der Waals surface area contributed by atoms with E-state index < -0.39 is 0 Å². The molecule has 0 spiro atoms. The van der Waals surface area contributed by atoms with Gasteiger partial charge in [-0.05, 0) is 14.1 Å². The zero-order valence-electron chi connectivity index (χ0n) is 6.04. The van der Waals surface area contributed by atoms with Crippen LogP contribution in [0, 0.1) is 0 Å². The van der Waals surface area contributed by atoms with Crippen molar-refractivity contribution in [1.29, 1.82) is 0 Å². The number of rotatable bonds is 1. The fourth-order valence-corrected chi connectivity index (χ4v) is 1.80. The molecule has 0 aliphatic carbocycles. The molecule has 0 aromatic rings. The van der Waals surface area contributed by atoms with Crippen LogP contribution in [0.1, 0.15) is 0 Å². The summed E-state index contributed by atoms with van der Waals surface area (Å²) in [6.45, 7) is 2.37. The van der Waals surface area contributed by atoms with Crippen molar-refractivity contribution in [2.75, 3.05) is 27.2 Å². The highest BCUT2D eigenvalue weighted by molar-refractivity contribution is 7.07. The van der Waals surface area contributed by atoms with E-state index in [1.54, 1.807) is 0 Å². The number of quaternary nitrogens is 1. The molecule has 0 saturated carbocycles. The van der Waals surface area contributed by atoms with E-state index in [1.807, 2.05) is 0 Å².